The molecule has 0 N–H and O–H groups in total. The van der Waals surface area contributed by atoms with Gasteiger partial charge in [-0.2, -0.15) is 0 Å². The summed E-state index contributed by atoms with van der Waals surface area (Å²) in [7, 11) is 0. The molecule has 0 aliphatic carbocycles. The fourth-order valence-electron chi connectivity index (χ4n) is 4.09. The second kappa shape index (κ2) is 6.41. The van der Waals surface area contributed by atoms with Crippen LogP contribution < -0.4 is 4.90 Å². The van der Waals surface area contributed by atoms with Gasteiger partial charge in [-0.1, -0.05) is 12.1 Å². The van der Waals surface area contributed by atoms with Crippen molar-refractivity contribution < 1.29 is 9.59 Å². The summed E-state index contributed by atoms with van der Waals surface area (Å²) in [6, 6.07) is 8.58. The van der Waals surface area contributed by atoms with E-state index in [1.807, 2.05) is 29.2 Å². The first-order valence-electron chi connectivity index (χ1n) is 8.69. The lowest BCUT2D eigenvalue weighted by molar-refractivity contribution is -0.136. The zero-order valence-electron chi connectivity index (χ0n) is 14.0. The Bertz CT molecular complexity index is 665. The number of para-hydroxylation sites is 1. The minimum Gasteiger partial charge on any atom is -0.336 e. The molecule has 0 aromatic heterocycles. The summed E-state index contributed by atoms with van der Waals surface area (Å²) in [6.45, 7) is 5.20. The van der Waals surface area contributed by atoms with Crippen molar-refractivity contribution in [1.82, 2.24) is 9.80 Å². The second-order valence-electron chi connectivity index (χ2n) is 6.92. The third-order valence-corrected chi connectivity index (χ3v) is 6.41. The fourth-order valence-corrected chi connectivity index (χ4v) is 5.02. The maximum absolute atomic E-state index is 12.9. The van der Waals surface area contributed by atoms with Crippen LogP contribution in [0.2, 0.25) is 0 Å². The van der Waals surface area contributed by atoms with Gasteiger partial charge in [-0.05, 0) is 38.4 Å². The van der Waals surface area contributed by atoms with Gasteiger partial charge in [-0.25, -0.2) is 0 Å². The molecule has 0 unspecified atom stereocenters. The van der Waals surface area contributed by atoms with Crippen LogP contribution in [0.15, 0.2) is 29.2 Å². The smallest absolute Gasteiger partial charge is 0.242 e. The molecule has 5 nitrogen and oxygen atoms in total. The minimum atomic E-state index is 0.0270. The number of carbonyl (C=O) groups is 2. The molecule has 0 spiro atoms. The zero-order chi connectivity index (χ0) is 16.7. The highest BCUT2D eigenvalue weighted by Gasteiger charge is 2.37. The van der Waals surface area contributed by atoms with E-state index in [9.17, 15) is 9.59 Å². The van der Waals surface area contributed by atoms with E-state index in [2.05, 4.69) is 11.8 Å². The van der Waals surface area contributed by atoms with Crippen LogP contribution in [0.3, 0.4) is 0 Å². The van der Waals surface area contributed by atoms with Gasteiger partial charge in [-0.15, -0.1) is 11.8 Å². The number of hydrogen-bond acceptors (Lipinski definition) is 4. The van der Waals surface area contributed by atoms with Gasteiger partial charge in [-0.3, -0.25) is 14.5 Å². The number of anilines is 1. The topological polar surface area (TPSA) is 43.9 Å². The van der Waals surface area contributed by atoms with Crippen molar-refractivity contribution >= 4 is 29.3 Å². The van der Waals surface area contributed by atoms with E-state index >= 15 is 0 Å². The molecule has 24 heavy (non-hydrogen) atoms. The lowest BCUT2D eigenvalue weighted by Crippen LogP contribution is -2.58. The number of hydrogen-bond donors (Lipinski definition) is 0. The van der Waals surface area contributed by atoms with Gasteiger partial charge in [0, 0.05) is 30.1 Å². The van der Waals surface area contributed by atoms with Gasteiger partial charge >= 0.3 is 0 Å². The highest BCUT2D eigenvalue weighted by molar-refractivity contribution is 8.00. The number of thioether (sulfide) groups is 1. The summed E-state index contributed by atoms with van der Waals surface area (Å²) >= 11 is 1.55. The quantitative estimate of drug-likeness (QED) is 0.820. The van der Waals surface area contributed by atoms with Crippen molar-refractivity contribution in [2.24, 2.45) is 0 Å². The van der Waals surface area contributed by atoms with Crippen LogP contribution in [0.5, 0.6) is 0 Å². The molecular formula is C18H23N3O2S. The summed E-state index contributed by atoms with van der Waals surface area (Å²) in [5, 5.41) is 0. The molecule has 6 heteroatoms. The standard InChI is InChI=1S/C18H23N3O2S/c1-13-9-19-8-4-5-14(19)10-20(13)17(22)11-21-15-6-2-3-7-16(15)24-12-18(21)23/h2-3,6-7,13-14H,4-5,8-12H2,1H3/t13-,14+/m0/s1. The average Bonchev–Trinajstić information content (AvgIpc) is 3.03. The first-order valence-corrected chi connectivity index (χ1v) is 9.68. The molecule has 0 saturated carbocycles. The van der Waals surface area contributed by atoms with Crippen LogP contribution in [0, 0.1) is 0 Å². The van der Waals surface area contributed by atoms with Gasteiger partial charge in [0.1, 0.15) is 6.54 Å². The van der Waals surface area contributed by atoms with Crippen molar-refractivity contribution in [3.8, 4) is 0 Å². The van der Waals surface area contributed by atoms with E-state index in [4.69, 9.17) is 0 Å². The van der Waals surface area contributed by atoms with Gasteiger partial charge in [0.25, 0.3) is 0 Å². The number of fused-ring (bicyclic) bond motifs is 2. The predicted octanol–water partition coefficient (Wildman–Crippen LogP) is 1.82. The molecule has 2 saturated heterocycles. The highest BCUT2D eigenvalue weighted by Crippen LogP contribution is 2.35. The lowest BCUT2D eigenvalue weighted by Gasteiger charge is -2.43. The number of piperazine rings is 1. The van der Waals surface area contributed by atoms with Gasteiger partial charge in [0.05, 0.1) is 11.4 Å². The SMILES string of the molecule is C[C@H]1CN2CCC[C@@H]2CN1C(=O)CN1C(=O)CSc2ccccc21. The van der Waals surface area contributed by atoms with Crippen LogP contribution in [0.25, 0.3) is 0 Å². The van der Waals surface area contributed by atoms with E-state index in [1.165, 1.54) is 12.8 Å². The Labute approximate surface area is 147 Å². The van der Waals surface area contributed by atoms with Crippen LogP contribution in [0.4, 0.5) is 5.69 Å². The largest absolute Gasteiger partial charge is 0.336 e. The molecule has 3 heterocycles. The predicted molar refractivity (Wildman–Crippen MR) is 95.3 cm³/mol. The zero-order valence-corrected chi connectivity index (χ0v) is 14.8. The van der Waals surface area contributed by atoms with E-state index in [1.54, 1.807) is 16.7 Å². The van der Waals surface area contributed by atoms with Crippen LogP contribution in [0.1, 0.15) is 19.8 Å². The first kappa shape index (κ1) is 16.0. The Kier molecular flexibility index (Phi) is 4.26. The van der Waals surface area contributed by atoms with Crippen LogP contribution in [-0.4, -0.2) is 65.6 Å². The Morgan fingerprint density at radius 3 is 3.00 bits per heavy atom. The van der Waals surface area contributed by atoms with Crippen molar-refractivity contribution in [3.05, 3.63) is 24.3 Å². The lowest BCUT2D eigenvalue weighted by atomic mass is 10.1. The third kappa shape index (κ3) is 2.82. The van der Waals surface area contributed by atoms with E-state index < -0.39 is 0 Å². The number of carbonyl (C=O) groups excluding carboxylic acids is 2. The van der Waals surface area contributed by atoms with Crippen LogP contribution in [-0.2, 0) is 9.59 Å². The summed E-state index contributed by atoms with van der Waals surface area (Å²) in [6.07, 6.45) is 2.41. The van der Waals surface area contributed by atoms with Gasteiger partial charge < -0.3 is 9.80 Å². The summed E-state index contributed by atoms with van der Waals surface area (Å²) in [4.78, 5) is 32.5. The summed E-state index contributed by atoms with van der Waals surface area (Å²) < 4.78 is 0. The third-order valence-electron chi connectivity index (χ3n) is 5.36. The molecule has 3 aliphatic rings. The van der Waals surface area contributed by atoms with Crippen LogP contribution >= 0.6 is 11.8 Å². The molecule has 1 aromatic rings. The minimum absolute atomic E-state index is 0.0270. The Hall–Kier alpha value is -1.53. The first-order chi connectivity index (χ1) is 11.6. The Morgan fingerprint density at radius 2 is 2.12 bits per heavy atom. The molecule has 128 valence electrons. The summed E-state index contributed by atoms with van der Waals surface area (Å²) in [5.74, 6) is 0.513. The fraction of sp³-hybridized carbons (Fsp3) is 0.556. The van der Waals surface area contributed by atoms with Crippen molar-refractivity contribution in [1.29, 1.82) is 0 Å². The van der Waals surface area contributed by atoms with Crippen molar-refractivity contribution in [2.75, 3.05) is 36.8 Å². The molecule has 1 aromatic carbocycles. The molecule has 2 atom stereocenters. The summed E-state index contributed by atoms with van der Waals surface area (Å²) in [5.41, 5.74) is 0.874. The molecule has 0 radical (unpaired) electrons. The Morgan fingerprint density at radius 1 is 1.29 bits per heavy atom. The number of amides is 2. The number of nitrogens with zero attached hydrogens (tertiary/aromatic N) is 3. The van der Waals surface area contributed by atoms with E-state index in [0.29, 0.717) is 11.8 Å². The maximum Gasteiger partial charge on any atom is 0.242 e. The molecule has 3 aliphatic heterocycles. The van der Waals surface area contributed by atoms with Gasteiger partial charge in [0.15, 0.2) is 0 Å². The molecule has 0 bridgehead atoms. The highest BCUT2D eigenvalue weighted by atomic mass is 32.2. The van der Waals surface area contributed by atoms with Gasteiger partial charge in [0.2, 0.25) is 11.8 Å². The Balaban J connectivity index is 1.50. The molecule has 2 fully saturated rings. The van der Waals surface area contributed by atoms with E-state index in [-0.39, 0.29) is 24.4 Å². The van der Waals surface area contributed by atoms with Crippen molar-refractivity contribution in [3.63, 3.8) is 0 Å². The monoisotopic (exact) mass is 345 g/mol. The normalized spacial score (nSPS) is 27.1. The number of rotatable bonds is 2. The maximum atomic E-state index is 12.9. The number of benzene rings is 1. The second-order valence-corrected chi connectivity index (χ2v) is 7.94. The average molecular weight is 345 g/mol. The van der Waals surface area contributed by atoms with E-state index in [0.717, 1.165) is 30.2 Å². The molecular weight excluding hydrogens is 322 g/mol. The molecule has 2 amide bonds. The van der Waals surface area contributed by atoms with Crippen molar-refractivity contribution in [2.45, 2.75) is 36.7 Å². The molecule has 4 rings (SSSR count).